The van der Waals surface area contributed by atoms with Gasteiger partial charge in [0.15, 0.2) is 16.3 Å². The lowest BCUT2D eigenvalue weighted by molar-refractivity contribution is -0.167. The zero-order chi connectivity index (χ0) is 23.4. The van der Waals surface area contributed by atoms with Crippen LogP contribution in [0.15, 0.2) is 24.5 Å². The summed E-state index contributed by atoms with van der Waals surface area (Å²) in [7, 11) is 2.83. The van der Waals surface area contributed by atoms with Crippen LogP contribution < -0.4 is 19.5 Å². The van der Waals surface area contributed by atoms with Crippen molar-refractivity contribution < 1.29 is 28.8 Å². The molecule has 0 bridgehead atoms. The Bertz CT molecular complexity index is 1230. The minimum atomic E-state index is -1.01. The number of thiazole rings is 1. The number of methoxy groups -OCH3 is 2. The SMILES string of the molecule is COc1ncnc(OC)c1C(=O)Nc1nc2c(s1)C1(COC1)Oc1cc(C(C)(C)O)ccc1-2. The van der Waals surface area contributed by atoms with Gasteiger partial charge in [0.1, 0.15) is 12.1 Å². The van der Waals surface area contributed by atoms with E-state index in [1.165, 1.54) is 31.9 Å². The first-order valence-electron chi connectivity index (χ1n) is 10.2. The molecule has 33 heavy (non-hydrogen) atoms. The monoisotopic (exact) mass is 470 g/mol. The van der Waals surface area contributed by atoms with Gasteiger partial charge < -0.3 is 24.1 Å². The lowest BCUT2D eigenvalue weighted by Gasteiger charge is -2.43. The second-order valence-electron chi connectivity index (χ2n) is 8.28. The van der Waals surface area contributed by atoms with E-state index in [1.807, 2.05) is 18.2 Å². The number of nitrogens with one attached hydrogen (secondary N) is 1. The molecular formula is C22H22N4O6S. The van der Waals surface area contributed by atoms with Crippen LogP contribution >= 0.6 is 11.3 Å². The highest BCUT2D eigenvalue weighted by Crippen LogP contribution is 2.52. The minimum absolute atomic E-state index is 0.0730. The van der Waals surface area contributed by atoms with Crippen LogP contribution in [-0.2, 0) is 15.9 Å². The van der Waals surface area contributed by atoms with Gasteiger partial charge in [-0.25, -0.2) is 15.0 Å². The third-order valence-electron chi connectivity index (χ3n) is 5.57. The van der Waals surface area contributed by atoms with Crippen molar-refractivity contribution in [3.63, 3.8) is 0 Å². The Kier molecular flexibility index (Phi) is 5.00. The van der Waals surface area contributed by atoms with Gasteiger partial charge in [-0.2, -0.15) is 0 Å². The van der Waals surface area contributed by atoms with Crippen LogP contribution in [0.3, 0.4) is 0 Å². The maximum Gasteiger partial charge on any atom is 0.268 e. The summed E-state index contributed by atoms with van der Waals surface area (Å²) in [5, 5.41) is 13.6. The second-order valence-corrected chi connectivity index (χ2v) is 9.28. The van der Waals surface area contributed by atoms with E-state index in [4.69, 9.17) is 23.9 Å². The first-order valence-corrected chi connectivity index (χ1v) is 11.0. The van der Waals surface area contributed by atoms with E-state index in [-0.39, 0.29) is 17.3 Å². The second kappa shape index (κ2) is 7.65. The van der Waals surface area contributed by atoms with Gasteiger partial charge in [-0.15, -0.1) is 0 Å². The molecule has 1 saturated heterocycles. The van der Waals surface area contributed by atoms with Crippen LogP contribution in [0, 0.1) is 0 Å². The lowest BCUT2D eigenvalue weighted by Crippen LogP contribution is -2.52. The predicted molar refractivity (Wildman–Crippen MR) is 119 cm³/mol. The lowest BCUT2D eigenvalue weighted by atomic mass is 9.89. The molecule has 172 valence electrons. The molecule has 2 N–H and O–H groups in total. The molecule has 0 saturated carbocycles. The Hall–Kier alpha value is -3.28. The topological polar surface area (TPSA) is 125 Å². The number of aliphatic hydroxyl groups is 1. The molecule has 2 aromatic heterocycles. The van der Waals surface area contributed by atoms with E-state index in [1.54, 1.807) is 13.8 Å². The molecule has 11 heteroatoms. The third kappa shape index (κ3) is 3.48. The molecule has 10 nitrogen and oxygen atoms in total. The molecule has 3 aromatic rings. The summed E-state index contributed by atoms with van der Waals surface area (Å²) in [4.78, 5) is 26.6. The maximum absolute atomic E-state index is 13.1. The number of hydrogen-bond acceptors (Lipinski definition) is 10. The Labute approximate surface area is 193 Å². The quantitative estimate of drug-likeness (QED) is 0.579. The van der Waals surface area contributed by atoms with Crippen molar-refractivity contribution in [2.24, 2.45) is 0 Å². The molecule has 5 rings (SSSR count). The smallest absolute Gasteiger partial charge is 0.268 e. The van der Waals surface area contributed by atoms with Crippen molar-refractivity contribution in [3.8, 4) is 28.8 Å². The third-order valence-corrected chi connectivity index (χ3v) is 6.73. The van der Waals surface area contributed by atoms with Gasteiger partial charge in [0.05, 0.1) is 43.6 Å². The number of nitrogens with zero attached hydrogens (tertiary/aromatic N) is 3. The number of carbonyl (C=O) groups excluding carboxylic acids is 1. The summed E-state index contributed by atoms with van der Waals surface area (Å²) < 4.78 is 22.2. The maximum atomic E-state index is 13.1. The Morgan fingerprint density at radius 2 is 1.91 bits per heavy atom. The number of amides is 1. The molecule has 2 aliphatic heterocycles. The molecule has 1 fully saturated rings. The number of carbonyl (C=O) groups is 1. The summed E-state index contributed by atoms with van der Waals surface area (Å²) in [6.45, 7) is 4.18. The Balaban J connectivity index is 1.54. The van der Waals surface area contributed by atoms with Gasteiger partial charge >= 0.3 is 0 Å². The van der Waals surface area contributed by atoms with Gasteiger partial charge in [-0.1, -0.05) is 17.4 Å². The minimum Gasteiger partial charge on any atom is -0.480 e. The molecule has 1 amide bonds. The van der Waals surface area contributed by atoms with Gasteiger partial charge in [0.2, 0.25) is 11.8 Å². The molecule has 0 radical (unpaired) electrons. The van der Waals surface area contributed by atoms with Gasteiger partial charge in [-0.3, -0.25) is 10.1 Å². The number of hydrogen-bond donors (Lipinski definition) is 2. The van der Waals surface area contributed by atoms with E-state index in [2.05, 4.69) is 15.3 Å². The molecule has 1 aromatic carbocycles. The first kappa shape index (κ1) is 21.6. The fourth-order valence-electron chi connectivity index (χ4n) is 3.80. The van der Waals surface area contributed by atoms with Gasteiger partial charge in [0.25, 0.3) is 5.91 Å². The Morgan fingerprint density at radius 3 is 2.48 bits per heavy atom. The predicted octanol–water partition coefficient (Wildman–Crippen LogP) is 2.71. The van der Waals surface area contributed by atoms with Crippen molar-refractivity contribution in [3.05, 3.63) is 40.5 Å². The molecule has 1 spiro atoms. The van der Waals surface area contributed by atoms with Crippen molar-refractivity contribution >= 4 is 22.4 Å². The van der Waals surface area contributed by atoms with E-state index >= 15 is 0 Å². The zero-order valence-corrected chi connectivity index (χ0v) is 19.3. The molecule has 4 heterocycles. The average molecular weight is 471 g/mol. The fraction of sp³-hybridized carbons (Fsp3) is 0.364. The zero-order valence-electron chi connectivity index (χ0n) is 18.5. The van der Waals surface area contributed by atoms with Crippen LogP contribution in [0.25, 0.3) is 11.3 Å². The van der Waals surface area contributed by atoms with E-state index < -0.39 is 17.1 Å². The number of fused-ring (bicyclic) bond motifs is 4. The summed E-state index contributed by atoms with van der Waals surface area (Å²) >= 11 is 1.32. The molecule has 2 aliphatic rings. The highest BCUT2D eigenvalue weighted by atomic mass is 32.1. The molecular weight excluding hydrogens is 448 g/mol. The Morgan fingerprint density at radius 1 is 1.21 bits per heavy atom. The van der Waals surface area contributed by atoms with Crippen LogP contribution in [0.4, 0.5) is 5.13 Å². The van der Waals surface area contributed by atoms with E-state index in [0.717, 1.165) is 16.0 Å². The number of rotatable bonds is 5. The number of anilines is 1. The van der Waals surface area contributed by atoms with Crippen LogP contribution in [0.2, 0.25) is 0 Å². The van der Waals surface area contributed by atoms with Gasteiger partial charge in [-0.05, 0) is 31.5 Å². The van der Waals surface area contributed by atoms with Crippen LogP contribution in [0.5, 0.6) is 17.5 Å². The van der Waals surface area contributed by atoms with Crippen molar-refractivity contribution in [1.29, 1.82) is 0 Å². The normalized spacial score (nSPS) is 15.7. The molecule has 0 aliphatic carbocycles. The van der Waals surface area contributed by atoms with E-state index in [0.29, 0.717) is 29.8 Å². The highest BCUT2D eigenvalue weighted by Gasteiger charge is 2.50. The van der Waals surface area contributed by atoms with Crippen LogP contribution in [-0.4, -0.2) is 53.4 Å². The summed E-state index contributed by atoms with van der Waals surface area (Å²) in [5.41, 5.74) is 0.609. The molecule has 0 unspecified atom stereocenters. The number of aromatic nitrogens is 3. The average Bonchev–Trinajstić information content (AvgIpc) is 3.19. The van der Waals surface area contributed by atoms with E-state index in [9.17, 15) is 9.90 Å². The standard InChI is InChI=1S/C22H22N4O6S/c1-21(2,28)11-5-6-12-13(7-11)32-22(8-31-9-22)16-15(12)25-20(33-16)26-17(27)14-18(29-3)23-10-24-19(14)30-4/h5-7,10,28H,8-9H2,1-4H3,(H,25,26,27). The van der Waals surface area contributed by atoms with Crippen molar-refractivity contribution in [1.82, 2.24) is 15.0 Å². The summed E-state index contributed by atoms with van der Waals surface area (Å²) in [6.07, 6.45) is 1.26. The molecule has 0 atom stereocenters. The van der Waals surface area contributed by atoms with Crippen LogP contribution in [0.1, 0.15) is 34.6 Å². The van der Waals surface area contributed by atoms with Gasteiger partial charge in [0, 0.05) is 5.56 Å². The largest absolute Gasteiger partial charge is 0.480 e. The van der Waals surface area contributed by atoms with Crippen molar-refractivity contribution in [2.45, 2.75) is 25.0 Å². The van der Waals surface area contributed by atoms with Crippen molar-refractivity contribution in [2.75, 3.05) is 32.8 Å². The summed E-state index contributed by atoms with van der Waals surface area (Å²) in [6, 6.07) is 5.54. The highest BCUT2D eigenvalue weighted by molar-refractivity contribution is 7.16. The first-order chi connectivity index (χ1) is 15.8. The fourth-order valence-corrected chi connectivity index (χ4v) is 4.87. The number of ether oxygens (including phenoxy) is 4. The summed E-state index contributed by atoms with van der Waals surface area (Å²) in [5.74, 6) is 0.302. The number of benzene rings is 1.